The van der Waals surface area contributed by atoms with Gasteiger partial charge in [0.25, 0.3) is 5.91 Å². The van der Waals surface area contributed by atoms with Gasteiger partial charge in [-0.1, -0.05) is 0 Å². The van der Waals surface area contributed by atoms with Crippen LogP contribution in [0.25, 0.3) is 0 Å². The lowest BCUT2D eigenvalue weighted by Gasteiger charge is -2.14. The van der Waals surface area contributed by atoms with E-state index in [1.807, 2.05) is 6.07 Å². The molecule has 0 spiro atoms. The minimum atomic E-state index is -0.267. The van der Waals surface area contributed by atoms with Crippen LogP contribution in [0.1, 0.15) is 23.2 Å². The van der Waals surface area contributed by atoms with Crippen LogP contribution >= 0.6 is 0 Å². The molecule has 6 nitrogen and oxygen atoms in total. The Balaban J connectivity index is 2.60. The number of aryl methyl sites for hydroxylation is 2. The Kier molecular flexibility index (Phi) is 2.52. The van der Waals surface area contributed by atoms with Crippen molar-refractivity contribution in [3.05, 3.63) is 22.9 Å². The van der Waals surface area contributed by atoms with Crippen LogP contribution in [-0.4, -0.2) is 16.7 Å². The van der Waals surface area contributed by atoms with Crippen molar-refractivity contribution in [3.63, 3.8) is 0 Å². The zero-order valence-corrected chi connectivity index (χ0v) is 9.56. The fourth-order valence-electron chi connectivity index (χ4n) is 1.72. The molecule has 0 aliphatic carbocycles. The van der Waals surface area contributed by atoms with Gasteiger partial charge in [0.15, 0.2) is 5.82 Å². The Labute approximate surface area is 98.4 Å². The van der Waals surface area contributed by atoms with Crippen LogP contribution in [-0.2, 0) is 4.79 Å². The molecule has 1 aromatic heterocycles. The summed E-state index contributed by atoms with van der Waals surface area (Å²) in [4.78, 5) is 15.8. The van der Waals surface area contributed by atoms with Crippen LogP contribution < -0.4 is 10.7 Å². The van der Waals surface area contributed by atoms with Gasteiger partial charge >= 0.3 is 0 Å². The predicted molar refractivity (Wildman–Crippen MR) is 62.2 cm³/mol. The van der Waals surface area contributed by atoms with Gasteiger partial charge in [-0.05, 0) is 25.5 Å². The van der Waals surface area contributed by atoms with Crippen molar-refractivity contribution >= 4 is 17.6 Å². The number of nitrogens with zero attached hydrogens (tertiary/aromatic N) is 4. The van der Waals surface area contributed by atoms with Gasteiger partial charge < -0.3 is 5.73 Å². The van der Waals surface area contributed by atoms with Crippen molar-refractivity contribution in [2.24, 2.45) is 10.8 Å². The van der Waals surface area contributed by atoms with E-state index >= 15 is 0 Å². The molecule has 1 aromatic rings. The maximum Gasteiger partial charge on any atom is 0.256 e. The second kappa shape index (κ2) is 3.87. The fraction of sp³-hybridized carbons (Fsp3) is 0.273. The van der Waals surface area contributed by atoms with Crippen molar-refractivity contribution in [2.75, 3.05) is 5.01 Å². The number of hydrogen-bond donors (Lipinski definition) is 1. The molecule has 86 valence electrons. The number of hydrazone groups is 1. The number of carbonyl (C=O) groups excluding carboxylic acids is 1. The van der Waals surface area contributed by atoms with E-state index in [4.69, 9.17) is 11.0 Å². The quantitative estimate of drug-likeness (QED) is 0.761. The average Bonchev–Trinajstić information content (AvgIpc) is 2.56. The molecule has 2 rings (SSSR count). The topological polar surface area (TPSA) is 95.4 Å². The first-order valence-corrected chi connectivity index (χ1v) is 5.07. The summed E-state index contributed by atoms with van der Waals surface area (Å²) in [5.41, 5.74) is 7.34. The second-order valence-electron chi connectivity index (χ2n) is 3.86. The summed E-state index contributed by atoms with van der Waals surface area (Å²) in [6, 6.07) is 3.82. The number of aromatic nitrogens is 1. The van der Waals surface area contributed by atoms with E-state index in [0.29, 0.717) is 5.56 Å². The summed E-state index contributed by atoms with van der Waals surface area (Å²) in [6.07, 6.45) is 0.0690. The van der Waals surface area contributed by atoms with Gasteiger partial charge in [0.05, 0.1) is 12.0 Å². The van der Waals surface area contributed by atoms with Gasteiger partial charge in [0.1, 0.15) is 11.9 Å². The monoisotopic (exact) mass is 229 g/mol. The Morgan fingerprint density at radius 3 is 2.76 bits per heavy atom. The maximum atomic E-state index is 11.7. The van der Waals surface area contributed by atoms with E-state index in [9.17, 15) is 4.79 Å². The molecule has 0 aromatic carbocycles. The number of nitriles is 1. The first kappa shape index (κ1) is 11.1. The van der Waals surface area contributed by atoms with E-state index in [1.54, 1.807) is 19.9 Å². The molecule has 1 amide bonds. The summed E-state index contributed by atoms with van der Waals surface area (Å²) in [7, 11) is 0. The van der Waals surface area contributed by atoms with E-state index in [2.05, 4.69) is 10.1 Å². The van der Waals surface area contributed by atoms with E-state index < -0.39 is 0 Å². The molecule has 0 radical (unpaired) electrons. The molecular weight excluding hydrogens is 218 g/mol. The maximum absolute atomic E-state index is 11.7. The van der Waals surface area contributed by atoms with E-state index in [-0.39, 0.29) is 24.0 Å². The highest BCUT2D eigenvalue weighted by Gasteiger charge is 2.27. The molecule has 0 bridgehead atoms. The van der Waals surface area contributed by atoms with Crippen LogP contribution in [0, 0.1) is 25.2 Å². The summed E-state index contributed by atoms with van der Waals surface area (Å²) in [6.45, 7) is 3.59. The Hall–Kier alpha value is -2.42. The molecule has 0 unspecified atom stereocenters. The molecular formula is C11H11N5O. The Bertz CT molecular complexity index is 570. The van der Waals surface area contributed by atoms with Gasteiger partial charge in [0.2, 0.25) is 0 Å². The van der Waals surface area contributed by atoms with Crippen LogP contribution in [0.3, 0.4) is 0 Å². The van der Waals surface area contributed by atoms with Crippen molar-refractivity contribution in [1.29, 1.82) is 5.26 Å². The summed E-state index contributed by atoms with van der Waals surface area (Å²) < 4.78 is 0. The molecule has 2 N–H and O–H groups in total. The lowest BCUT2D eigenvalue weighted by Crippen LogP contribution is -2.22. The van der Waals surface area contributed by atoms with Gasteiger partial charge in [0, 0.05) is 5.69 Å². The molecule has 1 aliphatic heterocycles. The summed E-state index contributed by atoms with van der Waals surface area (Å²) in [5.74, 6) is 0.229. The second-order valence-corrected chi connectivity index (χ2v) is 3.86. The molecule has 0 atom stereocenters. The van der Waals surface area contributed by atoms with Crippen LogP contribution in [0.4, 0.5) is 5.82 Å². The predicted octanol–water partition coefficient (Wildman–Crippen LogP) is 0.579. The SMILES string of the molecule is Cc1cc(C)c(C#N)c(N2N=C(N)CC2=O)n1. The number of amides is 1. The third-order valence-electron chi connectivity index (χ3n) is 2.44. The number of anilines is 1. The zero-order valence-electron chi connectivity index (χ0n) is 9.56. The van der Waals surface area contributed by atoms with Crippen molar-refractivity contribution in [1.82, 2.24) is 4.98 Å². The fourth-order valence-corrected chi connectivity index (χ4v) is 1.72. The number of carbonyl (C=O) groups is 1. The summed E-state index contributed by atoms with van der Waals surface area (Å²) >= 11 is 0. The minimum absolute atomic E-state index is 0.0690. The number of pyridine rings is 1. The molecule has 0 saturated heterocycles. The van der Waals surface area contributed by atoms with Crippen molar-refractivity contribution in [3.8, 4) is 6.07 Å². The van der Waals surface area contributed by atoms with Crippen molar-refractivity contribution in [2.45, 2.75) is 20.3 Å². The van der Waals surface area contributed by atoms with Gasteiger partial charge in [-0.3, -0.25) is 4.79 Å². The van der Waals surface area contributed by atoms with Crippen molar-refractivity contribution < 1.29 is 4.79 Å². The van der Waals surface area contributed by atoms with E-state index in [0.717, 1.165) is 16.3 Å². The smallest absolute Gasteiger partial charge is 0.256 e. The Morgan fingerprint density at radius 1 is 1.53 bits per heavy atom. The third kappa shape index (κ3) is 1.83. The van der Waals surface area contributed by atoms with Gasteiger partial charge in [-0.2, -0.15) is 15.4 Å². The minimum Gasteiger partial charge on any atom is -0.385 e. The molecule has 2 heterocycles. The number of amidine groups is 1. The zero-order chi connectivity index (χ0) is 12.6. The first-order valence-electron chi connectivity index (χ1n) is 5.07. The molecule has 17 heavy (non-hydrogen) atoms. The summed E-state index contributed by atoms with van der Waals surface area (Å²) in [5, 5.41) is 14.1. The van der Waals surface area contributed by atoms with Crippen LogP contribution in [0.5, 0.6) is 0 Å². The van der Waals surface area contributed by atoms with Crippen LogP contribution in [0.2, 0.25) is 0 Å². The molecule has 6 heteroatoms. The molecule has 0 fully saturated rings. The van der Waals surface area contributed by atoms with Crippen LogP contribution in [0.15, 0.2) is 11.2 Å². The number of nitrogens with two attached hydrogens (primary N) is 1. The lowest BCUT2D eigenvalue weighted by molar-refractivity contribution is -0.116. The van der Waals surface area contributed by atoms with Gasteiger partial charge in [-0.25, -0.2) is 4.98 Å². The normalized spacial score (nSPS) is 14.8. The van der Waals surface area contributed by atoms with E-state index in [1.165, 1.54) is 0 Å². The number of hydrogen-bond acceptors (Lipinski definition) is 5. The standard InChI is InChI=1S/C11H11N5O/c1-6-3-7(2)14-11(8(6)5-12)16-10(17)4-9(13)15-16/h3H,4H2,1-2H3,(H2,13,15). The third-order valence-corrected chi connectivity index (χ3v) is 2.44. The largest absolute Gasteiger partial charge is 0.385 e. The lowest BCUT2D eigenvalue weighted by atomic mass is 10.1. The highest BCUT2D eigenvalue weighted by Crippen LogP contribution is 2.24. The molecule has 0 saturated carbocycles. The number of rotatable bonds is 1. The molecule has 1 aliphatic rings. The highest BCUT2D eigenvalue weighted by molar-refractivity contribution is 6.11. The first-order chi connectivity index (χ1) is 8.02. The Morgan fingerprint density at radius 2 is 2.24 bits per heavy atom. The highest BCUT2D eigenvalue weighted by atomic mass is 16.2. The average molecular weight is 229 g/mol. The van der Waals surface area contributed by atoms with Gasteiger partial charge in [-0.15, -0.1) is 0 Å².